The lowest BCUT2D eigenvalue weighted by molar-refractivity contribution is -0.143. The average molecular weight is 188 g/mol. The van der Waals surface area contributed by atoms with Crippen LogP contribution in [0.25, 0.3) is 0 Å². The predicted octanol–water partition coefficient (Wildman–Crippen LogP) is 2.10. The molecule has 0 bridgehead atoms. The lowest BCUT2D eigenvalue weighted by Crippen LogP contribution is -2.14. The van der Waals surface area contributed by atoms with Crippen LogP contribution in [0.15, 0.2) is 12.2 Å². The van der Waals surface area contributed by atoms with Gasteiger partial charge in [0, 0.05) is 11.5 Å². The van der Waals surface area contributed by atoms with Crippen molar-refractivity contribution in [3.8, 4) is 0 Å². The van der Waals surface area contributed by atoms with E-state index < -0.39 is 0 Å². The summed E-state index contributed by atoms with van der Waals surface area (Å²) in [6, 6.07) is 0. The molecule has 0 radical (unpaired) electrons. The van der Waals surface area contributed by atoms with Crippen molar-refractivity contribution >= 4 is 17.7 Å². The van der Waals surface area contributed by atoms with Crippen LogP contribution in [0.3, 0.4) is 0 Å². The first kappa shape index (κ1) is 11.6. The first-order chi connectivity index (χ1) is 5.72. The first-order valence-electron chi connectivity index (χ1n) is 3.99. The first-order valence-corrected chi connectivity index (χ1v) is 5.14. The van der Waals surface area contributed by atoms with Crippen molar-refractivity contribution in [3.05, 3.63) is 12.2 Å². The monoisotopic (exact) mass is 188 g/mol. The molecule has 70 valence electrons. The smallest absolute Gasteiger partial charge is 0.309 e. The van der Waals surface area contributed by atoms with Crippen LogP contribution >= 0.6 is 11.8 Å². The van der Waals surface area contributed by atoms with E-state index in [4.69, 9.17) is 0 Å². The molecule has 0 saturated heterocycles. The highest BCUT2D eigenvalue weighted by atomic mass is 32.2. The third kappa shape index (κ3) is 5.24. The van der Waals surface area contributed by atoms with E-state index in [0.29, 0.717) is 0 Å². The van der Waals surface area contributed by atoms with Crippen molar-refractivity contribution in [3.63, 3.8) is 0 Å². The molecule has 0 heterocycles. The van der Waals surface area contributed by atoms with E-state index in [1.807, 2.05) is 19.9 Å². The van der Waals surface area contributed by atoms with Gasteiger partial charge in [-0.25, -0.2) is 0 Å². The molecule has 0 spiro atoms. The molecule has 1 unspecified atom stereocenters. The Morgan fingerprint density at radius 3 is 2.83 bits per heavy atom. The number of esters is 1. The Morgan fingerprint density at radius 2 is 2.33 bits per heavy atom. The van der Waals surface area contributed by atoms with E-state index in [2.05, 4.69) is 10.8 Å². The van der Waals surface area contributed by atoms with Crippen molar-refractivity contribution in [1.29, 1.82) is 0 Å². The van der Waals surface area contributed by atoms with Crippen LogP contribution < -0.4 is 0 Å². The maximum Gasteiger partial charge on any atom is 0.309 e. The normalized spacial score (nSPS) is 13.2. The topological polar surface area (TPSA) is 26.3 Å². The van der Waals surface area contributed by atoms with Crippen molar-refractivity contribution in [2.24, 2.45) is 5.92 Å². The van der Waals surface area contributed by atoms with Gasteiger partial charge < -0.3 is 4.74 Å². The Hall–Kier alpha value is -0.440. The van der Waals surface area contributed by atoms with E-state index in [9.17, 15) is 4.79 Å². The van der Waals surface area contributed by atoms with Gasteiger partial charge in [0.25, 0.3) is 0 Å². The maximum absolute atomic E-state index is 10.9. The summed E-state index contributed by atoms with van der Waals surface area (Å²) in [4.78, 5) is 10.9. The van der Waals surface area contributed by atoms with E-state index in [0.717, 1.165) is 11.5 Å². The van der Waals surface area contributed by atoms with Crippen LogP contribution in [0, 0.1) is 5.92 Å². The zero-order valence-electron chi connectivity index (χ0n) is 7.87. The molecule has 0 N–H and O–H groups in total. The fourth-order valence-electron chi connectivity index (χ4n) is 0.678. The second-order valence-electron chi connectivity index (χ2n) is 2.53. The Morgan fingerprint density at radius 1 is 1.67 bits per heavy atom. The zero-order chi connectivity index (χ0) is 9.40. The maximum atomic E-state index is 10.9. The van der Waals surface area contributed by atoms with Gasteiger partial charge in [0.15, 0.2) is 0 Å². The van der Waals surface area contributed by atoms with Crippen molar-refractivity contribution in [1.82, 2.24) is 0 Å². The van der Waals surface area contributed by atoms with Crippen LogP contribution in [0.1, 0.15) is 13.8 Å². The van der Waals surface area contributed by atoms with Gasteiger partial charge in [0.1, 0.15) is 0 Å². The quantitative estimate of drug-likeness (QED) is 0.375. The molecule has 1 atom stereocenters. The molecule has 0 aliphatic heterocycles. The summed E-state index contributed by atoms with van der Waals surface area (Å²) >= 11 is 1.74. The highest BCUT2D eigenvalue weighted by molar-refractivity contribution is 7.99. The van der Waals surface area contributed by atoms with Gasteiger partial charge in [-0.3, -0.25) is 4.79 Å². The number of hydrogen-bond donors (Lipinski definition) is 0. The number of carbonyl (C=O) groups is 1. The average Bonchev–Trinajstić information content (AvgIpc) is 2.10. The minimum atomic E-state index is -0.122. The summed E-state index contributed by atoms with van der Waals surface area (Å²) in [6.45, 7) is 3.87. The highest BCUT2D eigenvalue weighted by Crippen LogP contribution is 2.09. The highest BCUT2D eigenvalue weighted by Gasteiger charge is 2.11. The minimum Gasteiger partial charge on any atom is -0.469 e. The Bertz CT molecular complexity index is 155. The minimum absolute atomic E-state index is 0.00487. The lowest BCUT2D eigenvalue weighted by atomic mass is 10.2. The van der Waals surface area contributed by atoms with E-state index in [1.54, 1.807) is 11.8 Å². The van der Waals surface area contributed by atoms with E-state index in [1.165, 1.54) is 7.11 Å². The van der Waals surface area contributed by atoms with Crippen LogP contribution in [-0.4, -0.2) is 24.6 Å². The fraction of sp³-hybridized carbons (Fsp3) is 0.667. The van der Waals surface area contributed by atoms with Crippen molar-refractivity contribution in [2.45, 2.75) is 13.8 Å². The third-order valence-corrected chi connectivity index (χ3v) is 2.59. The molecule has 0 aromatic rings. The third-order valence-electron chi connectivity index (χ3n) is 1.42. The molecule has 0 amide bonds. The van der Waals surface area contributed by atoms with E-state index >= 15 is 0 Å². The molecule has 3 heteroatoms. The van der Waals surface area contributed by atoms with Gasteiger partial charge >= 0.3 is 5.97 Å². The molecular weight excluding hydrogens is 172 g/mol. The summed E-state index contributed by atoms with van der Waals surface area (Å²) in [7, 11) is 1.43. The molecule has 12 heavy (non-hydrogen) atoms. The molecule has 0 saturated carbocycles. The van der Waals surface area contributed by atoms with Gasteiger partial charge in [0.2, 0.25) is 0 Å². The molecule has 0 fully saturated rings. The van der Waals surface area contributed by atoms with Gasteiger partial charge in [-0.15, -0.1) is 0 Å². The fourth-order valence-corrected chi connectivity index (χ4v) is 1.63. The van der Waals surface area contributed by atoms with E-state index in [-0.39, 0.29) is 11.9 Å². The Kier molecular flexibility index (Phi) is 6.96. The summed E-state index contributed by atoms with van der Waals surface area (Å²) in [5, 5.41) is 0. The molecule has 0 aromatic carbocycles. The van der Waals surface area contributed by atoms with Crippen LogP contribution in [-0.2, 0) is 9.53 Å². The largest absolute Gasteiger partial charge is 0.469 e. The second-order valence-corrected chi connectivity index (χ2v) is 3.61. The molecule has 0 rings (SSSR count). The van der Waals surface area contributed by atoms with Gasteiger partial charge in [-0.1, -0.05) is 19.1 Å². The molecular formula is C9H16O2S. The van der Waals surface area contributed by atoms with Crippen molar-refractivity contribution in [2.75, 3.05) is 18.6 Å². The standard InChI is InChI=1S/C9H16O2S/c1-4-5-6-12-7-8(2)9(10)11-3/h4-5,8H,6-7H2,1-3H3. The summed E-state index contributed by atoms with van der Waals surface area (Å²) in [5.41, 5.74) is 0. The van der Waals surface area contributed by atoms with Gasteiger partial charge in [-0.2, -0.15) is 11.8 Å². The second kappa shape index (κ2) is 7.22. The number of methoxy groups -OCH3 is 1. The van der Waals surface area contributed by atoms with Crippen LogP contribution in [0.2, 0.25) is 0 Å². The molecule has 0 aliphatic rings. The zero-order valence-corrected chi connectivity index (χ0v) is 8.69. The number of thioether (sulfide) groups is 1. The number of rotatable bonds is 5. The number of ether oxygens (including phenoxy) is 1. The Labute approximate surface area is 78.4 Å². The molecule has 0 aliphatic carbocycles. The molecule has 0 aromatic heterocycles. The van der Waals surface area contributed by atoms with Gasteiger partial charge in [-0.05, 0) is 6.92 Å². The predicted molar refractivity (Wildman–Crippen MR) is 53.3 cm³/mol. The lowest BCUT2D eigenvalue weighted by Gasteiger charge is -2.06. The summed E-state index contributed by atoms with van der Waals surface area (Å²) in [6.07, 6.45) is 4.09. The van der Waals surface area contributed by atoms with Crippen LogP contribution in [0.4, 0.5) is 0 Å². The molecule has 2 nitrogen and oxygen atoms in total. The number of carbonyl (C=O) groups excluding carboxylic acids is 1. The summed E-state index contributed by atoms with van der Waals surface area (Å²) in [5.74, 6) is 1.68. The SMILES string of the molecule is CC=CCSCC(C)C(=O)OC. The Balaban J connectivity index is 3.43. The number of allylic oxidation sites excluding steroid dienone is 1. The van der Waals surface area contributed by atoms with Crippen molar-refractivity contribution < 1.29 is 9.53 Å². The van der Waals surface area contributed by atoms with Crippen LogP contribution in [0.5, 0.6) is 0 Å². The summed E-state index contributed by atoms with van der Waals surface area (Å²) < 4.78 is 4.60. The number of hydrogen-bond acceptors (Lipinski definition) is 3. The van der Waals surface area contributed by atoms with Gasteiger partial charge in [0.05, 0.1) is 13.0 Å².